The lowest BCUT2D eigenvalue weighted by Gasteiger charge is -2.19. The normalized spacial score (nSPS) is 15.0. The summed E-state index contributed by atoms with van der Waals surface area (Å²) in [5, 5.41) is 2.60. The molecule has 1 aromatic heterocycles. The molecule has 2 aromatic rings. The minimum Gasteiger partial charge on any atom is -0.490 e. The van der Waals surface area contributed by atoms with E-state index < -0.39 is 30.0 Å². The van der Waals surface area contributed by atoms with Crippen molar-refractivity contribution in [3.8, 4) is 11.5 Å². The molecular formula is C24H24BrClN2O9. The second-order valence-electron chi connectivity index (χ2n) is 7.50. The average Bonchev–Trinajstić information content (AvgIpc) is 3.44. The Morgan fingerprint density at radius 3 is 2.62 bits per heavy atom. The van der Waals surface area contributed by atoms with Crippen LogP contribution in [0, 0.1) is 0 Å². The largest absolute Gasteiger partial charge is 0.490 e. The van der Waals surface area contributed by atoms with Crippen LogP contribution in [0.25, 0.3) is 6.08 Å². The molecule has 0 aliphatic carbocycles. The molecule has 11 nitrogen and oxygen atoms in total. The second-order valence-corrected chi connectivity index (χ2v) is 8.67. The van der Waals surface area contributed by atoms with Gasteiger partial charge in [-0.2, -0.15) is 0 Å². The Morgan fingerprint density at radius 1 is 1.24 bits per heavy atom. The number of hydrogen-bond donors (Lipinski definition) is 1. The predicted octanol–water partition coefficient (Wildman–Crippen LogP) is 4.30. The number of hydrogen-bond acceptors (Lipinski definition) is 9. The Morgan fingerprint density at radius 2 is 1.97 bits per heavy atom. The van der Waals surface area contributed by atoms with E-state index in [1.807, 2.05) is 0 Å². The third kappa shape index (κ3) is 6.25. The second kappa shape index (κ2) is 12.2. The number of rotatable bonds is 10. The summed E-state index contributed by atoms with van der Waals surface area (Å²) in [5.74, 6) is -1.39. The van der Waals surface area contributed by atoms with Crippen LogP contribution >= 0.6 is 27.5 Å². The topological polar surface area (TPSA) is 134 Å². The summed E-state index contributed by atoms with van der Waals surface area (Å²) < 4.78 is 26.6. The van der Waals surface area contributed by atoms with Crippen molar-refractivity contribution in [3.63, 3.8) is 0 Å². The minimum absolute atomic E-state index is 0.0301. The number of nitrogens with one attached hydrogen (secondary N) is 1. The summed E-state index contributed by atoms with van der Waals surface area (Å²) in [6, 6.07) is 3.73. The lowest BCUT2D eigenvalue weighted by Crippen LogP contribution is -2.30. The molecule has 1 aliphatic rings. The molecule has 0 unspecified atom stereocenters. The molecule has 0 bridgehead atoms. The number of carbonyl (C=O) groups is 4. The lowest BCUT2D eigenvalue weighted by atomic mass is 10.1. The van der Waals surface area contributed by atoms with Gasteiger partial charge in [0.05, 0.1) is 26.9 Å². The van der Waals surface area contributed by atoms with E-state index in [9.17, 15) is 19.2 Å². The molecule has 1 fully saturated rings. The van der Waals surface area contributed by atoms with E-state index in [4.69, 9.17) is 30.2 Å². The van der Waals surface area contributed by atoms with Crippen LogP contribution in [0.4, 0.5) is 4.79 Å². The quantitative estimate of drug-likeness (QED) is 0.241. The van der Waals surface area contributed by atoms with Crippen molar-refractivity contribution in [2.45, 2.75) is 33.4 Å². The maximum atomic E-state index is 13.0. The fourth-order valence-electron chi connectivity index (χ4n) is 3.27. The molecular weight excluding hydrogens is 576 g/mol. The van der Waals surface area contributed by atoms with Gasteiger partial charge in [-0.05, 0) is 66.5 Å². The standard InChI is InChI=1S/C24H24BrClN2O9/c1-5-34-17-10-13(18(25)19(26)20(17)36-12(3)22(30)35-6-2)9-15-21(29)28(24(32)27-15)11-14-7-8-16(37-14)23(31)33-4/h7-10,12H,5-6,11H2,1-4H3,(H,27,32)/b15-9-/t12-/m1/s1. The third-order valence-corrected chi connectivity index (χ3v) is 6.44. The molecule has 1 aliphatic heterocycles. The predicted molar refractivity (Wildman–Crippen MR) is 134 cm³/mol. The first-order valence-electron chi connectivity index (χ1n) is 11.1. The highest BCUT2D eigenvalue weighted by molar-refractivity contribution is 9.10. The summed E-state index contributed by atoms with van der Waals surface area (Å²) in [7, 11) is 1.21. The van der Waals surface area contributed by atoms with Crippen molar-refractivity contribution >= 4 is 57.5 Å². The molecule has 13 heteroatoms. The molecule has 37 heavy (non-hydrogen) atoms. The van der Waals surface area contributed by atoms with Gasteiger partial charge in [0, 0.05) is 4.47 Å². The highest BCUT2D eigenvalue weighted by Crippen LogP contribution is 2.44. The lowest BCUT2D eigenvalue weighted by molar-refractivity contribution is -0.150. The Labute approximate surface area is 225 Å². The van der Waals surface area contributed by atoms with Crippen LogP contribution in [0.2, 0.25) is 5.02 Å². The molecule has 0 spiro atoms. The van der Waals surface area contributed by atoms with Gasteiger partial charge in [-0.3, -0.25) is 9.69 Å². The van der Waals surface area contributed by atoms with Gasteiger partial charge in [-0.25, -0.2) is 14.4 Å². The first-order valence-corrected chi connectivity index (χ1v) is 12.3. The first-order chi connectivity index (χ1) is 17.6. The summed E-state index contributed by atoms with van der Waals surface area (Å²) in [4.78, 5) is 50.0. The highest BCUT2D eigenvalue weighted by atomic mass is 79.9. The molecule has 3 amide bonds. The van der Waals surface area contributed by atoms with Crippen LogP contribution in [-0.2, 0) is 25.6 Å². The Hall–Kier alpha value is -3.51. The summed E-state index contributed by atoms with van der Waals surface area (Å²) in [6.45, 7) is 5.20. The van der Waals surface area contributed by atoms with Gasteiger partial charge in [0.25, 0.3) is 5.91 Å². The van der Waals surface area contributed by atoms with Crippen LogP contribution in [0.15, 0.2) is 32.8 Å². The van der Waals surface area contributed by atoms with Crippen molar-refractivity contribution in [1.82, 2.24) is 10.2 Å². The molecule has 1 saturated heterocycles. The van der Waals surface area contributed by atoms with E-state index in [1.54, 1.807) is 19.9 Å². The third-order valence-electron chi connectivity index (χ3n) is 4.99. The van der Waals surface area contributed by atoms with E-state index in [0.717, 1.165) is 4.90 Å². The maximum Gasteiger partial charge on any atom is 0.373 e. The van der Waals surface area contributed by atoms with Crippen molar-refractivity contribution < 1.29 is 42.5 Å². The maximum absolute atomic E-state index is 13.0. The number of halogens is 2. The molecule has 2 heterocycles. The fraction of sp³-hybridized carbons (Fsp3) is 0.333. The SMILES string of the molecule is CCOC(=O)[C@@H](C)Oc1c(OCC)cc(/C=C2\NC(=O)N(Cc3ccc(C(=O)OC)o3)C2=O)c(Br)c1Cl. The van der Waals surface area contributed by atoms with Gasteiger partial charge in [-0.1, -0.05) is 11.6 Å². The van der Waals surface area contributed by atoms with Gasteiger partial charge in [0.1, 0.15) is 16.5 Å². The van der Waals surface area contributed by atoms with E-state index >= 15 is 0 Å². The average molecular weight is 600 g/mol. The summed E-state index contributed by atoms with van der Waals surface area (Å²) in [6.07, 6.45) is 0.456. The van der Waals surface area contributed by atoms with Gasteiger partial charge in [0.15, 0.2) is 17.6 Å². The molecule has 1 atom stereocenters. The smallest absolute Gasteiger partial charge is 0.373 e. The monoisotopic (exact) mass is 598 g/mol. The van der Waals surface area contributed by atoms with E-state index in [-0.39, 0.29) is 53.5 Å². The molecule has 198 valence electrons. The molecule has 1 aromatic carbocycles. The Balaban J connectivity index is 1.88. The van der Waals surface area contributed by atoms with Crippen molar-refractivity contribution in [1.29, 1.82) is 0 Å². The summed E-state index contributed by atoms with van der Waals surface area (Å²) >= 11 is 9.91. The first kappa shape index (κ1) is 28.1. The van der Waals surface area contributed by atoms with Crippen molar-refractivity contribution in [2.75, 3.05) is 20.3 Å². The zero-order chi connectivity index (χ0) is 27.3. The van der Waals surface area contributed by atoms with Gasteiger partial charge in [-0.15, -0.1) is 0 Å². The van der Waals surface area contributed by atoms with E-state index in [0.29, 0.717) is 10.0 Å². The fourth-order valence-corrected chi connectivity index (χ4v) is 3.92. The van der Waals surface area contributed by atoms with Crippen LogP contribution in [0.5, 0.6) is 11.5 Å². The molecule has 0 radical (unpaired) electrons. The number of imide groups is 1. The number of ether oxygens (including phenoxy) is 4. The van der Waals surface area contributed by atoms with Gasteiger partial charge in [0.2, 0.25) is 5.76 Å². The van der Waals surface area contributed by atoms with Crippen LogP contribution < -0.4 is 14.8 Å². The Bertz CT molecular complexity index is 1260. The van der Waals surface area contributed by atoms with Crippen LogP contribution in [-0.4, -0.2) is 55.2 Å². The van der Waals surface area contributed by atoms with Crippen molar-refractivity contribution in [3.05, 3.63) is 50.5 Å². The van der Waals surface area contributed by atoms with Crippen LogP contribution in [0.3, 0.4) is 0 Å². The number of carbonyl (C=O) groups excluding carboxylic acids is 4. The minimum atomic E-state index is -0.960. The molecule has 3 rings (SSSR count). The summed E-state index contributed by atoms with van der Waals surface area (Å²) in [5.41, 5.74) is 0.374. The number of benzene rings is 1. The van der Waals surface area contributed by atoms with Crippen LogP contribution in [0.1, 0.15) is 42.6 Å². The van der Waals surface area contributed by atoms with E-state index in [1.165, 1.54) is 32.2 Å². The van der Waals surface area contributed by atoms with E-state index in [2.05, 4.69) is 26.0 Å². The zero-order valence-electron chi connectivity index (χ0n) is 20.4. The number of urea groups is 1. The highest BCUT2D eigenvalue weighted by Gasteiger charge is 2.35. The zero-order valence-corrected chi connectivity index (χ0v) is 22.7. The number of nitrogens with zero attached hydrogens (tertiary/aromatic N) is 1. The Kier molecular flexibility index (Phi) is 9.22. The molecule has 0 saturated carbocycles. The van der Waals surface area contributed by atoms with Gasteiger partial charge >= 0.3 is 18.0 Å². The number of amides is 3. The number of esters is 2. The van der Waals surface area contributed by atoms with Crippen molar-refractivity contribution in [2.24, 2.45) is 0 Å². The molecule has 1 N–H and O–H groups in total. The number of furan rings is 1. The number of methoxy groups -OCH3 is 1. The van der Waals surface area contributed by atoms with Gasteiger partial charge < -0.3 is 28.7 Å².